The lowest BCUT2D eigenvalue weighted by atomic mass is 10.2. The SMILES string of the molecule is Cc1cc(C(=O)Nc2ccnc(O[C@H]3CCOC3)c2)c(C)o1. The summed E-state index contributed by atoms with van der Waals surface area (Å²) in [6.45, 7) is 4.86. The van der Waals surface area contributed by atoms with E-state index in [9.17, 15) is 4.79 Å². The Kier molecular flexibility index (Phi) is 4.11. The molecule has 116 valence electrons. The molecule has 1 fully saturated rings. The first kappa shape index (κ1) is 14.6. The minimum absolute atomic E-state index is 0.0252. The van der Waals surface area contributed by atoms with Crippen molar-refractivity contribution in [3.63, 3.8) is 0 Å². The molecule has 0 aliphatic carbocycles. The predicted molar refractivity (Wildman–Crippen MR) is 80.2 cm³/mol. The smallest absolute Gasteiger partial charge is 0.259 e. The van der Waals surface area contributed by atoms with Gasteiger partial charge in [0.2, 0.25) is 5.88 Å². The van der Waals surface area contributed by atoms with Crippen LogP contribution in [0.1, 0.15) is 28.3 Å². The van der Waals surface area contributed by atoms with Crippen molar-refractivity contribution in [2.45, 2.75) is 26.4 Å². The minimum atomic E-state index is -0.212. The van der Waals surface area contributed by atoms with E-state index in [1.165, 1.54) is 0 Å². The number of aromatic nitrogens is 1. The van der Waals surface area contributed by atoms with E-state index in [1.807, 2.05) is 6.92 Å². The lowest BCUT2D eigenvalue weighted by Gasteiger charge is -2.11. The second-order valence-corrected chi connectivity index (χ2v) is 5.27. The molecular weight excluding hydrogens is 284 g/mol. The van der Waals surface area contributed by atoms with Crippen molar-refractivity contribution in [3.8, 4) is 5.88 Å². The van der Waals surface area contributed by atoms with Crippen LogP contribution in [0.4, 0.5) is 5.69 Å². The summed E-state index contributed by atoms with van der Waals surface area (Å²) in [5.41, 5.74) is 1.16. The van der Waals surface area contributed by atoms with Crippen molar-refractivity contribution < 1.29 is 18.7 Å². The lowest BCUT2D eigenvalue weighted by molar-refractivity contribution is 0.102. The van der Waals surface area contributed by atoms with Crippen LogP contribution in [0.25, 0.3) is 0 Å². The molecule has 1 N–H and O–H groups in total. The zero-order valence-electron chi connectivity index (χ0n) is 12.6. The molecule has 0 bridgehead atoms. The van der Waals surface area contributed by atoms with Crippen LogP contribution in [0, 0.1) is 13.8 Å². The summed E-state index contributed by atoms with van der Waals surface area (Å²) in [5, 5.41) is 2.83. The number of carbonyl (C=O) groups excluding carboxylic acids is 1. The fraction of sp³-hybridized carbons (Fsp3) is 0.375. The molecule has 0 saturated carbocycles. The van der Waals surface area contributed by atoms with Gasteiger partial charge in [-0.25, -0.2) is 4.98 Å². The predicted octanol–water partition coefficient (Wildman–Crippen LogP) is 2.71. The number of hydrogen-bond donors (Lipinski definition) is 1. The highest BCUT2D eigenvalue weighted by Gasteiger charge is 2.18. The molecule has 2 aromatic heterocycles. The number of anilines is 1. The first-order valence-corrected chi connectivity index (χ1v) is 7.20. The van der Waals surface area contributed by atoms with Gasteiger partial charge in [0.05, 0.1) is 18.8 Å². The quantitative estimate of drug-likeness (QED) is 0.940. The van der Waals surface area contributed by atoms with E-state index < -0.39 is 0 Å². The number of amides is 1. The number of nitrogens with one attached hydrogen (secondary N) is 1. The Balaban J connectivity index is 1.69. The maximum absolute atomic E-state index is 12.3. The van der Waals surface area contributed by atoms with Crippen LogP contribution in [-0.4, -0.2) is 30.2 Å². The van der Waals surface area contributed by atoms with Crippen LogP contribution in [0.2, 0.25) is 0 Å². The van der Waals surface area contributed by atoms with E-state index in [0.29, 0.717) is 41.9 Å². The van der Waals surface area contributed by atoms with Gasteiger partial charge in [-0.05, 0) is 26.0 Å². The summed E-state index contributed by atoms with van der Waals surface area (Å²) in [6.07, 6.45) is 2.48. The van der Waals surface area contributed by atoms with E-state index in [1.54, 1.807) is 31.3 Å². The Morgan fingerprint density at radius 3 is 2.95 bits per heavy atom. The first-order valence-electron chi connectivity index (χ1n) is 7.20. The third kappa shape index (κ3) is 3.28. The maximum atomic E-state index is 12.3. The Bertz CT molecular complexity index is 675. The van der Waals surface area contributed by atoms with Crippen LogP contribution in [0.5, 0.6) is 5.88 Å². The Hall–Kier alpha value is -2.34. The van der Waals surface area contributed by atoms with E-state index in [0.717, 1.165) is 6.42 Å². The molecule has 1 aliphatic heterocycles. The average molecular weight is 302 g/mol. The summed E-state index contributed by atoms with van der Waals surface area (Å²) in [6, 6.07) is 5.15. The van der Waals surface area contributed by atoms with Crippen molar-refractivity contribution in [1.82, 2.24) is 4.98 Å². The number of pyridine rings is 1. The van der Waals surface area contributed by atoms with Gasteiger partial charge in [0.1, 0.15) is 17.6 Å². The highest BCUT2D eigenvalue weighted by atomic mass is 16.5. The van der Waals surface area contributed by atoms with E-state index in [4.69, 9.17) is 13.9 Å². The van der Waals surface area contributed by atoms with Gasteiger partial charge < -0.3 is 19.2 Å². The maximum Gasteiger partial charge on any atom is 0.259 e. The van der Waals surface area contributed by atoms with Crippen LogP contribution in [0.3, 0.4) is 0 Å². The van der Waals surface area contributed by atoms with Gasteiger partial charge in [-0.1, -0.05) is 0 Å². The molecule has 0 unspecified atom stereocenters. The molecular formula is C16H18N2O4. The van der Waals surface area contributed by atoms with Gasteiger partial charge in [-0.15, -0.1) is 0 Å². The molecule has 0 aromatic carbocycles. The Morgan fingerprint density at radius 2 is 2.27 bits per heavy atom. The normalized spacial score (nSPS) is 17.5. The van der Waals surface area contributed by atoms with Crippen molar-refractivity contribution in [1.29, 1.82) is 0 Å². The third-order valence-electron chi connectivity index (χ3n) is 3.45. The molecule has 6 nitrogen and oxygen atoms in total. The van der Waals surface area contributed by atoms with Gasteiger partial charge in [-0.3, -0.25) is 4.79 Å². The first-order chi connectivity index (χ1) is 10.6. The van der Waals surface area contributed by atoms with Gasteiger partial charge in [-0.2, -0.15) is 0 Å². The molecule has 0 radical (unpaired) electrons. The summed E-state index contributed by atoms with van der Waals surface area (Å²) in [5.74, 6) is 1.58. The number of furan rings is 1. The molecule has 22 heavy (non-hydrogen) atoms. The number of ether oxygens (including phenoxy) is 2. The molecule has 1 aliphatic rings. The topological polar surface area (TPSA) is 73.6 Å². The summed E-state index contributed by atoms with van der Waals surface area (Å²) in [4.78, 5) is 16.4. The number of hydrogen-bond acceptors (Lipinski definition) is 5. The third-order valence-corrected chi connectivity index (χ3v) is 3.45. The molecule has 3 rings (SSSR count). The largest absolute Gasteiger partial charge is 0.472 e. The summed E-state index contributed by atoms with van der Waals surface area (Å²) >= 11 is 0. The number of nitrogens with zero attached hydrogens (tertiary/aromatic N) is 1. The molecule has 0 spiro atoms. The fourth-order valence-electron chi connectivity index (χ4n) is 2.38. The monoisotopic (exact) mass is 302 g/mol. The van der Waals surface area contributed by atoms with Gasteiger partial charge in [0.25, 0.3) is 5.91 Å². The second-order valence-electron chi connectivity index (χ2n) is 5.27. The van der Waals surface area contributed by atoms with Crippen LogP contribution in [0.15, 0.2) is 28.8 Å². The number of carbonyl (C=O) groups is 1. The molecule has 1 atom stereocenters. The van der Waals surface area contributed by atoms with Crippen molar-refractivity contribution in [2.75, 3.05) is 18.5 Å². The van der Waals surface area contributed by atoms with Crippen LogP contribution in [-0.2, 0) is 4.74 Å². The molecule has 1 saturated heterocycles. The van der Waals surface area contributed by atoms with Crippen molar-refractivity contribution in [3.05, 3.63) is 41.5 Å². The molecule has 2 aromatic rings. The zero-order valence-corrected chi connectivity index (χ0v) is 12.6. The van der Waals surface area contributed by atoms with Crippen LogP contribution < -0.4 is 10.1 Å². The molecule has 1 amide bonds. The molecule has 3 heterocycles. The van der Waals surface area contributed by atoms with Crippen molar-refractivity contribution in [2.24, 2.45) is 0 Å². The van der Waals surface area contributed by atoms with Gasteiger partial charge in [0, 0.05) is 24.4 Å². The fourth-order valence-corrected chi connectivity index (χ4v) is 2.38. The zero-order chi connectivity index (χ0) is 15.5. The lowest BCUT2D eigenvalue weighted by Crippen LogP contribution is -2.17. The van der Waals surface area contributed by atoms with Gasteiger partial charge in [0.15, 0.2) is 0 Å². The van der Waals surface area contributed by atoms with Crippen molar-refractivity contribution >= 4 is 11.6 Å². The second kappa shape index (κ2) is 6.19. The number of rotatable bonds is 4. The van der Waals surface area contributed by atoms with Gasteiger partial charge >= 0.3 is 0 Å². The van der Waals surface area contributed by atoms with E-state index >= 15 is 0 Å². The molecule has 6 heteroatoms. The average Bonchev–Trinajstić information content (AvgIpc) is 3.09. The van der Waals surface area contributed by atoms with Crippen LogP contribution >= 0.6 is 0 Å². The Labute approximate surface area is 128 Å². The summed E-state index contributed by atoms with van der Waals surface area (Å²) < 4.78 is 16.4. The number of aryl methyl sites for hydroxylation is 2. The van der Waals surface area contributed by atoms with E-state index in [-0.39, 0.29) is 12.0 Å². The Morgan fingerprint density at radius 1 is 1.41 bits per heavy atom. The highest BCUT2D eigenvalue weighted by molar-refractivity contribution is 6.05. The van der Waals surface area contributed by atoms with E-state index in [2.05, 4.69) is 10.3 Å². The summed E-state index contributed by atoms with van der Waals surface area (Å²) in [7, 11) is 0. The standard InChI is InChI=1S/C16H18N2O4/c1-10-7-14(11(2)21-10)16(19)18-12-3-5-17-15(8-12)22-13-4-6-20-9-13/h3,5,7-8,13H,4,6,9H2,1-2H3,(H,17,18,19)/t13-/m0/s1. The highest BCUT2D eigenvalue weighted by Crippen LogP contribution is 2.20. The minimum Gasteiger partial charge on any atom is -0.472 e.